The minimum absolute atomic E-state index is 0.0599. The maximum atomic E-state index is 14.2. The summed E-state index contributed by atoms with van der Waals surface area (Å²) in [4.78, 5) is 29.0. The summed E-state index contributed by atoms with van der Waals surface area (Å²) in [6, 6.07) is 18.4. The maximum Gasteiger partial charge on any atom is 0.264 e. The average Bonchev–Trinajstić information content (AvgIpc) is 2.94. The zero-order valence-electron chi connectivity index (χ0n) is 24.5. The summed E-state index contributed by atoms with van der Waals surface area (Å²) in [5.74, 6) is -0.744. The van der Waals surface area contributed by atoms with Gasteiger partial charge in [-0.25, -0.2) is 8.42 Å². The number of aryl methyl sites for hydroxylation is 2. The van der Waals surface area contributed by atoms with Gasteiger partial charge in [0.2, 0.25) is 11.8 Å². The Morgan fingerprint density at radius 2 is 1.51 bits per heavy atom. The first kappa shape index (κ1) is 32.2. The molecule has 0 saturated carbocycles. The lowest BCUT2D eigenvalue weighted by atomic mass is 10.1. The molecule has 2 amide bonds. The third-order valence-corrected chi connectivity index (χ3v) is 9.27. The fourth-order valence-corrected chi connectivity index (χ4v) is 6.17. The van der Waals surface area contributed by atoms with Crippen LogP contribution in [0.25, 0.3) is 0 Å². The highest BCUT2D eigenvalue weighted by Gasteiger charge is 2.34. The molecule has 1 atom stereocenters. The second-order valence-electron chi connectivity index (χ2n) is 10.3. The zero-order valence-corrected chi connectivity index (χ0v) is 26.1. The number of nitrogens with one attached hydrogen (secondary N) is 1. The molecule has 3 rings (SSSR count). The number of carbonyl (C=O) groups excluding carboxylic acids is 2. The van der Waals surface area contributed by atoms with E-state index in [0.717, 1.165) is 33.8 Å². The second-order valence-corrected chi connectivity index (χ2v) is 12.6. The molecule has 3 aromatic carbocycles. The van der Waals surface area contributed by atoms with Crippen LogP contribution < -0.4 is 9.62 Å². The van der Waals surface area contributed by atoms with Gasteiger partial charge in [-0.1, -0.05) is 85.5 Å². The summed E-state index contributed by atoms with van der Waals surface area (Å²) in [6.45, 7) is 9.63. The first-order valence-electron chi connectivity index (χ1n) is 14.0. The molecule has 0 radical (unpaired) electrons. The molecule has 0 heterocycles. The number of hydrogen-bond donors (Lipinski definition) is 1. The number of nitrogens with zero attached hydrogens (tertiary/aromatic N) is 2. The minimum atomic E-state index is -4.16. The SMILES string of the molecule is CCCCNC(=O)[C@@H](CC)N(Cc1ccc(C)cc1)C(=O)CN(c1cccc(Cl)c1C)S(=O)(=O)c1ccc(C)cc1. The Kier molecular flexibility index (Phi) is 11.4. The van der Waals surface area contributed by atoms with Crippen LogP contribution in [0.3, 0.4) is 0 Å². The molecule has 1 N–H and O–H groups in total. The lowest BCUT2D eigenvalue weighted by Crippen LogP contribution is -2.52. The van der Waals surface area contributed by atoms with Crippen molar-refractivity contribution in [3.63, 3.8) is 0 Å². The number of anilines is 1. The fourth-order valence-electron chi connectivity index (χ4n) is 4.53. The fraction of sp³-hybridized carbons (Fsp3) is 0.375. The van der Waals surface area contributed by atoms with Gasteiger partial charge in [0.05, 0.1) is 10.6 Å². The molecule has 3 aromatic rings. The van der Waals surface area contributed by atoms with Crippen LogP contribution in [0.1, 0.15) is 55.4 Å². The van der Waals surface area contributed by atoms with Crippen molar-refractivity contribution in [2.45, 2.75) is 71.4 Å². The van der Waals surface area contributed by atoms with Crippen molar-refractivity contribution in [3.8, 4) is 0 Å². The Balaban J connectivity index is 2.07. The normalized spacial score (nSPS) is 12.0. The minimum Gasteiger partial charge on any atom is -0.354 e. The monoisotopic (exact) mass is 597 g/mol. The molecular formula is C32H40ClN3O4S. The van der Waals surface area contributed by atoms with E-state index in [9.17, 15) is 18.0 Å². The van der Waals surface area contributed by atoms with E-state index in [4.69, 9.17) is 11.6 Å². The number of amides is 2. The van der Waals surface area contributed by atoms with Gasteiger partial charge < -0.3 is 10.2 Å². The molecule has 0 aliphatic heterocycles. The molecule has 0 aromatic heterocycles. The molecule has 0 bridgehead atoms. The molecule has 41 heavy (non-hydrogen) atoms. The van der Waals surface area contributed by atoms with Gasteiger partial charge in [-0.15, -0.1) is 0 Å². The van der Waals surface area contributed by atoms with E-state index in [1.807, 2.05) is 52.0 Å². The van der Waals surface area contributed by atoms with Crippen molar-refractivity contribution in [2.24, 2.45) is 0 Å². The van der Waals surface area contributed by atoms with E-state index >= 15 is 0 Å². The summed E-state index contributed by atoms with van der Waals surface area (Å²) in [5.41, 5.74) is 3.67. The Labute approximate surface area is 249 Å². The number of benzene rings is 3. The molecule has 7 nitrogen and oxygen atoms in total. The van der Waals surface area contributed by atoms with Gasteiger partial charge in [-0.05, 0) is 69.0 Å². The van der Waals surface area contributed by atoms with Gasteiger partial charge in [0.15, 0.2) is 0 Å². The van der Waals surface area contributed by atoms with E-state index in [0.29, 0.717) is 29.2 Å². The van der Waals surface area contributed by atoms with Crippen LogP contribution in [0.2, 0.25) is 5.02 Å². The molecule has 9 heteroatoms. The molecule has 0 spiro atoms. The molecule has 220 valence electrons. The van der Waals surface area contributed by atoms with Gasteiger partial charge in [-0.2, -0.15) is 0 Å². The summed E-state index contributed by atoms with van der Waals surface area (Å²) >= 11 is 6.40. The zero-order chi connectivity index (χ0) is 30.2. The lowest BCUT2D eigenvalue weighted by Gasteiger charge is -2.33. The van der Waals surface area contributed by atoms with Gasteiger partial charge in [0.1, 0.15) is 12.6 Å². The highest BCUT2D eigenvalue weighted by molar-refractivity contribution is 7.92. The van der Waals surface area contributed by atoms with Gasteiger partial charge in [0.25, 0.3) is 10.0 Å². The van der Waals surface area contributed by atoms with E-state index < -0.39 is 28.5 Å². The lowest BCUT2D eigenvalue weighted by molar-refractivity contribution is -0.140. The van der Waals surface area contributed by atoms with Crippen molar-refractivity contribution in [1.29, 1.82) is 0 Å². The van der Waals surface area contributed by atoms with Crippen molar-refractivity contribution < 1.29 is 18.0 Å². The van der Waals surface area contributed by atoms with Crippen LogP contribution in [-0.2, 0) is 26.2 Å². The Morgan fingerprint density at radius 3 is 2.10 bits per heavy atom. The van der Waals surface area contributed by atoms with E-state index in [2.05, 4.69) is 5.32 Å². The van der Waals surface area contributed by atoms with Crippen molar-refractivity contribution in [3.05, 3.63) is 94.0 Å². The Bertz CT molecular complexity index is 1440. The first-order chi connectivity index (χ1) is 19.5. The quantitative estimate of drug-likeness (QED) is 0.238. The topological polar surface area (TPSA) is 86.8 Å². The highest BCUT2D eigenvalue weighted by atomic mass is 35.5. The van der Waals surface area contributed by atoms with Gasteiger partial charge in [-0.3, -0.25) is 13.9 Å². The number of hydrogen-bond acceptors (Lipinski definition) is 4. The predicted molar refractivity (Wildman–Crippen MR) is 166 cm³/mol. The second kappa shape index (κ2) is 14.5. The average molecular weight is 598 g/mol. The van der Waals surface area contributed by atoms with E-state index in [-0.39, 0.29) is 17.3 Å². The summed E-state index contributed by atoms with van der Waals surface area (Å²) in [7, 11) is -4.16. The number of halogens is 1. The molecule has 0 aliphatic carbocycles. The standard InChI is InChI=1S/C32H40ClN3O4S/c1-6-8-20-34-32(38)29(7-2)35(21-26-16-12-23(3)13-17-26)31(37)22-36(30-11-9-10-28(33)25(30)5)41(39,40)27-18-14-24(4)15-19-27/h9-19,29H,6-8,20-22H2,1-5H3,(H,34,38)/t29-/m1/s1. The Hall–Kier alpha value is -3.36. The summed E-state index contributed by atoms with van der Waals surface area (Å²) < 4.78 is 29.2. The van der Waals surface area contributed by atoms with Crippen molar-refractivity contribution in [1.82, 2.24) is 10.2 Å². The molecular weight excluding hydrogens is 558 g/mol. The number of rotatable bonds is 13. The summed E-state index contributed by atoms with van der Waals surface area (Å²) in [6.07, 6.45) is 2.12. The number of sulfonamides is 1. The molecule has 0 aliphatic rings. The van der Waals surface area contributed by atoms with E-state index in [1.54, 1.807) is 37.3 Å². The molecule has 0 unspecified atom stereocenters. The van der Waals surface area contributed by atoms with Crippen LogP contribution in [0.5, 0.6) is 0 Å². The van der Waals surface area contributed by atoms with Crippen molar-refractivity contribution >= 4 is 39.1 Å². The van der Waals surface area contributed by atoms with Crippen LogP contribution >= 0.6 is 11.6 Å². The predicted octanol–water partition coefficient (Wildman–Crippen LogP) is 6.18. The Morgan fingerprint density at radius 1 is 0.902 bits per heavy atom. The molecule has 0 saturated heterocycles. The van der Waals surface area contributed by atoms with Gasteiger partial charge in [0, 0.05) is 18.1 Å². The number of carbonyl (C=O) groups is 2. The van der Waals surface area contributed by atoms with Crippen LogP contribution in [0.15, 0.2) is 71.6 Å². The maximum absolute atomic E-state index is 14.2. The largest absolute Gasteiger partial charge is 0.354 e. The van der Waals surface area contributed by atoms with Crippen LogP contribution in [0, 0.1) is 20.8 Å². The van der Waals surface area contributed by atoms with Crippen molar-refractivity contribution in [2.75, 3.05) is 17.4 Å². The smallest absolute Gasteiger partial charge is 0.264 e. The van der Waals surface area contributed by atoms with Gasteiger partial charge >= 0.3 is 0 Å². The number of unbranched alkanes of at least 4 members (excludes halogenated alkanes) is 1. The molecule has 0 fully saturated rings. The third-order valence-electron chi connectivity index (χ3n) is 7.08. The first-order valence-corrected chi connectivity index (χ1v) is 15.8. The summed E-state index contributed by atoms with van der Waals surface area (Å²) in [5, 5.41) is 3.33. The van der Waals surface area contributed by atoms with E-state index in [1.165, 1.54) is 17.0 Å². The third kappa shape index (κ3) is 8.11. The van der Waals surface area contributed by atoms with Crippen LogP contribution in [-0.4, -0.2) is 44.3 Å². The highest BCUT2D eigenvalue weighted by Crippen LogP contribution is 2.31. The van der Waals surface area contributed by atoms with Crippen LogP contribution in [0.4, 0.5) is 5.69 Å².